The van der Waals surface area contributed by atoms with E-state index in [9.17, 15) is 18.6 Å². The van der Waals surface area contributed by atoms with E-state index in [1.54, 1.807) is 0 Å². The van der Waals surface area contributed by atoms with Crippen LogP contribution in [-0.4, -0.2) is 48.2 Å². The zero-order chi connectivity index (χ0) is 13.5. The van der Waals surface area contributed by atoms with Crippen molar-refractivity contribution in [3.05, 3.63) is 23.2 Å². The summed E-state index contributed by atoms with van der Waals surface area (Å²) < 4.78 is 25.5. The molecule has 0 bridgehead atoms. The Kier molecular flexibility index (Phi) is 3.52. The van der Waals surface area contributed by atoms with E-state index in [4.69, 9.17) is 17.3 Å². The minimum atomic E-state index is -3.83. The molecule has 0 unspecified atom stereocenters. The summed E-state index contributed by atoms with van der Waals surface area (Å²) in [5.41, 5.74) is 5.86. The highest BCUT2D eigenvalue weighted by molar-refractivity contribution is 7.89. The molecule has 0 saturated carbocycles. The predicted octanol–water partition coefficient (Wildman–Crippen LogP) is -0.352. The number of halogens is 1. The predicted molar refractivity (Wildman–Crippen MR) is 66.6 cm³/mol. The van der Waals surface area contributed by atoms with E-state index in [1.807, 2.05) is 0 Å². The average Bonchev–Trinajstić information content (AvgIpc) is 2.59. The van der Waals surface area contributed by atoms with Gasteiger partial charge in [-0.3, -0.25) is 0 Å². The van der Waals surface area contributed by atoms with Gasteiger partial charge in [-0.15, -0.1) is 0 Å². The highest BCUT2D eigenvalue weighted by Crippen LogP contribution is 2.28. The van der Waals surface area contributed by atoms with Gasteiger partial charge in [0.2, 0.25) is 10.0 Å². The maximum absolute atomic E-state index is 12.2. The number of rotatable bonds is 2. The van der Waals surface area contributed by atoms with E-state index < -0.39 is 22.2 Å². The lowest BCUT2D eigenvalue weighted by Gasteiger charge is -2.16. The molecule has 1 aromatic carbocycles. The Bertz CT molecular complexity index is 553. The van der Waals surface area contributed by atoms with Crippen LogP contribution in [-0.2, 0) is 10.0 Å². The van der Waals surface area contributed by atoms with Crippen LogP contribution in [0, 0.1) is 0 Å². The number of aliphatic hydroxyl groups is 2. The molecule has 0 aliphatic carbocycles. The zero-order valence-electron chi connectivity index (χ0n) is 9.32. The molecular formula is C10H13ClN2O4S. The number of nitrogens with zero attached hydrogens (tertiary/aromatic N) is 1. The highest BCUT2D eigenvalue weighted by atomic mass is 35.5. The van der Waals surface area contributed by atoms with Crippen molar-refractivity contribution in [2.24, 2.45) is 0 Å². The van der Waals surface area contributed by atoms with Crippen LogP contribution in [0.1, 0.15) is 0 Å². The van der Waals surface area contributed by atoms with Gasteiger partial charge in [0.15, 0.2) is 0 Å². The highest BCUT2D eigenvalue weighted by Gasteiger charge is 2.38. The molecule has 0 aromatic heterocycles. The summed E-state index contributed by atoms with van der Waals surface area (Å²) in [7, 11) is -3.83. The van der Waals surface area contributed by atoms with Gasteiger partial charge in [0, 0.05) is 18.8 Å². The molecule has 8 heteroatoms. The largest absolute Gasteiger partial charge is 0.399 e. The molecule has 100 valence electrons. The van der Waals surface area contributed by atoms with Gasteiger partial charge >= 0.3 is 0 Å². The number of β-amino-alcohol motifs (C(OH)–C–C–N with tert-alkyl or cyclic N) is 2. The normalized spacial score (nSPS) is 25.5. The summed E-state index contributed by atoms with van der Waals surface area (Å²) in [6.07, 6.45) is -2.15. The van der Waals surface area contributed by atoms with E-state index in [0.29, 0.717) is 5.69 Å². The third-order valence-corrected chi connectivity index (χ3v) is 5.11. The van der Waals surface area contributed by atoms with Gasteiger partial charge in [-0.1, -0.05) is 11.6 Å². The van der Waals surface area contributed by atoms with E-state index in [-0.39, 0.29) is 23.0 Å². The number of sulfonamides is 1. The van der Waals surface area contributed by atoms with Crippen molar-refractivity contribution in [3.8, 4) is 0 Å². The van der Waals surface area contributed by atoms with Gasteiger partial charge in [-0.05, 0) is 18.2 Å². The number of aliphatic hydroxyl groups excluding tert-OH is 2. The Balaban J connectivity index is 2.37. The molecule has 1 fully saturated rings. The van der Waals surface area contributed by atoms with Crippen LogP contribution in [0.3, 0.4) is 0 Å². The Labute approximate surface area is 110 Å². The monoisotopic (exact) mass is 292 g/mol. The molecule has 1 aliphatic rings. The summed E-state index contributed by atoms with van der Waals surface area (Å²) >= 11 is 5.85. The maximum atomic E-state index is 12.2. The summed E-state index contributed by atoms with van der Waals surface area (Å²) in [5, 5.41) is 18.8. The standard InChI is InChI=1S/C10H13ClN2O4S/c11-7-3-6(12)1-2-10(7)18(16,17)13-4-8(14)9(15)5-13/h1-3,8-9,14-15H,4-5,12H2/t8-,9+. The number of anilines is 1. The third kappa shape index (κ3) is 2.32. The topological polar surface area (TPSA) is 104 Å². The van der Waals surface area contributed by atoms with Crippen molar-refractivity contribution in [1.29, 1.82) is 0 Å². The van der Waals surface area contributed by atoms with Crippen molar-refractivity contribution < 1.29 is 18.6 Å². The van der Waals surface area contributed by atoms with Gasteiger partial charge < -0.3 is 15.9 Å². The van der Waals surface area contributed by atoms with Crippen molar-refractivity contribution in [2.75, 3.05) is 18.8 Å². The molecule has 0 spiro atoms. The van der Waals surface area contributed by atoms with E-state index in [0.717, 1.165) is 4.31 Å². The first-order valence-corrected chi connectivity index (χ1v) is 7.05. The first-order valence-electron chi connectivity index (χ1n) is 5.23. The number of nitrogens with two attached hydrogens (primary N) is 1. The van der Waals surface area contributed by atoms with Crippen molar-refractivity contribution in [1.82, 2.24) is 4.31 Å². The van der Waals surface area contributed by atoms with Crippen LogP contribution >= 0.6 is 11.6 Å². The second-order valence-corrected chi connectivity index (χ2v) is 6.46. The first kappa shape index (κ1) is 13.6. The SMILES string of the molecule is Nc1ccc(S(=O)(=O)N2C[C@@H](O)[C@@H](O)C2)c(Cl)c1. The van der Waals surface area contributed by atoms with Crippen LogP contribution < -0.4 is 5.73 Å². The molecule has 1 aromatic rings. The summed E-state index contributed by atoms with van der Waals surface area (Å²) in [6.45, 7) is -0.297. The molecule has 18 heavy (non-hydrogen) atoms. The van der Waals surface area contributed by atoms with Crippen molar-refractivity contribution in [3.63, 3.8) is 0 Å². The van der Waals surface area contributed by atoms with Gasteiger partial charge in [0.1, 0.15) is 4.90 Å². The van der Waals surface area contributed by atoms with Gasteiger partial charge in [-0.25, -0.2) is 8.42 Å². The van der Waals surface area contributed by atoms with Crippen LogP contribution in [0.25, 0.3) is 0 Å². The quantitative estimate of drug-likeness (QED) is 0.646. The van der Waals surface area contributed by atoms with E-state index in [2.05, 4.69) is 0 Å². The van der Waals surface area contributed by atoms with Gasteiger partial charge in [0.25, 0.3) is 0 Å². The lowest BCUT2D eigenvalue weighted by Crippen LogP contribution is -2.30. The molecule has 6 nitrogen and oxygen atoms in total. The van der Waals surface area contributed by atoms with Crippen LogP contribution in [0.5, 0.6) is 0 Å². The molecular weight excluding hydrogens is 280 g/mol. The number of hydrogen-bond acceptors (Lipinski definition) is 5. The molecule has 0 amide bonds. The van der Waals surface area contributed by atoms with Crippen molar-refractivity contribution in [2.45, 2.75) is 17.1 Å². The fraction of sp³-hybridized carbons (Fsp3) is 0.400. The number of benzene rings is 1. The molecule has 4 N–H and O–H groups in total. The third-order valence-electron chi connectivity index (χ3n) is 2.80. The second kappa shape index (κ2) is 4.67. The lowest BCUT2D eigenvalue weighted by atomic mass is 10.3. The Hall–Kier alpha value is -0.860. The minimum Gasteiger partial charge on any atom is -0.399 e. The minimum absolute atomic E-state index is 0.0193. The smallest absolute Gasteiger partial charge is 0.244 e. The summed E-state index contributed by atoms with van der Waals surface area (Å²) in [6, 6.07) is 4.09. The number of nitrogen functional groups attached to an aromatic ring is 1. The van der Waals surface area contributed by atoms with Crippen LogP contribution in [0.2, 0.25) is 5.02 Å². The molecule has 2 rings (SSSR count). The van der Waals surface area contributed by atoms with Gasteiger partial charge in [-0.2, -0.15) is 4.31 Å². The molecule has 1 aliphatic heterocycles. The average molecular weight is 293 g/mol. The Morgan fingerprint density at radius 2 is 1.83 bits per heavy atom. The Morgan fingerprint density at radius 3 is 2.33 bits per heavy atom. The molecule has 1 saturated heterocycles. The van der Waals surface area contributed by atoms with Crippen LogP contribution in [0.15, 0.2) is 23.1 Å². The Morgan fingerprint density at radius 1 is 1.28 bits per heavy atom. The zero-order valence-corrected chi connectivity index (χ0v) is 10.9. The van der Waals surface area contributed by atoms with E-state index in [1.165, 1.54) is 18.2 Å². The fourth-order valence-electron chi connectivity index (χ4n) is 1.80. The second-order valence-electron chi connectivity index (χ2n) is 4.15. The molecule has 2 atom stereocenters. The van der Waals surface area contributed by atoms with E-state index >= 15 is 0 Å². The van der Waals surface area contributed by atoms with Gasteiger partial charge in [0.05, 0.1) is 17.2 Å². The summed E-state index contributed by atoms with van der Waals surface area (Å²) in [4.78, 5) is -0.0836. The number of hydrogen-bond donors (Lipinski definition) is 3. The maximum Gasteiger partial charge on any atom is 0.244 e. The fourth-order valence-corrected chi connectivity index (χ4v) is 3.80. The molecule has 1 heterocycles. The van der Waals surface area contributed by atoms with Crippen LogP contribution in [0.4, 0.5) is 5.69 Å². The first-order chi connectivity index (χ1) is 8.32. The molecule has 0 radical (unpaired) electrons. The van der Waals surface area contributed by atoms with Crippen molar-refractivity contribution >= 4 is 27.3 Å². The summed E-state index contributed by atoms with van der Waals surface area (Å²) in [5.74, 6) is 0. The lowest BCUT2D eigenvalue weighted by molar-refractivity contribution is 0.0572.